The Hall–Kier alpha value is -0.500. The van der Waals surface area contributed by atoms with E-state index in [4.69, 9.17) is 0 Å². The van der Waals surface area contributed by atoms with Gasteiger partial charge in [0.2, 0.25) is 0 Å². The summed E-state index contributed by atoms with van der Waals surface area (Å²) in [6.45, 7) is 9.22. The molecule has 0 atom stereocenters. The summed E-state index contributed by atoms with van der Waals surface area (Å²) in [5, 5.41) is 0. The summed E-state index contributed by atoms with van der Waals surface area (Å²) in [5.41, 5.74) is 3.27. The lowest BCUT2D eigenvalue weighted by Crippen LogP contribution is -2.56. The van der Waals surface area contributed by atoms with Crippen LogP contribution in [-0.2, 0) is 0 Å². The van der Waals surface area contributed by atoms with Crippen LogP contribution in [0.4, 0.5) is 5.69 Å². The molecule has 0 radical (unpaired) electrons. The van der Waals surface area contributed by atoms with Crippen molar-refractivity contribution >= 4 is 21.6 Å². The minimum atomic E-state index is 0.591. The molecular weight excluding hydrogens is 286 g/mol. The number of benzene rings is 1. The first kappa shape index (κ1) is 13.9. The number of rotatable bonds is 5. The highest BCUT2D eigenvalue weighted by Gasteiger charge is 2.41. The summed E-state index contributed by atoms with van der Waals surface area (Å²) < 4.78 is 1.24. The lowest BCUT2D eigenvalue weighted by atomic mass is 9.72. The molecule has 1 nitrogen and oxygen atoms in total. The second-order valence-corrected chi connectivity index (χ2v) is 6.67. The maximum absolute atomic E-state index is 3.70. The van der Waals surface area contributed by atoms with Gasteiger partial charge in [-0.25, -0.2) is 0 Å². The van der Waals surface area contributed by atoms with E-state index < -0.39 is 0 Å². The molecule has 0 bridgehead atoms. The first-order valence-corrected chi connectivity index (χ1v) is 7.90. The van der Waals surface area contributed by atoms with Gasteiger partial charge in [-0.1, -0.05) is 32.8 Å². The van der Waals surface area contributed by atoms with E-state index in [9.17, 15) is 0 Å². The molecule has 1 aliphatic heterocycles. The van der Waals surface area contributed by atoms with E-state index in [1.165, 1.54) is 54.5 Å². The zero-order valence-electron chi connectivity index (χ0n) is 11.8. The van der Waals surface area contributed by atoms with E-state index in [2.05, 4.69) is 59.8 Å². The van der Waals surface area contributed by atoms with Crippen molar-refractivity contribution in [2.75, 3.05) is 18.0 Å². The molecule has 0 N–H and O–H groups in total. The molecule has 0 unspecified atom stereocenters. The van der Waals surface area contributed by atoms with Crippen LogP contribution >= 0.6 is 15.9 Å². The van der Waals surface area contributed by atoms with Crippen LogP contribution in [0.15, 0.2) is 22.7 Å². The zero-order valence-corrected chi connectivity index (χ0v) is 13.4. The van der Waals surface area contributed by atoms with Gasteiger partial charge >= 0.3 is 0 Å². The number of anilines is 1. The van der Waals surface area contributed by atoms with Crippen molar-refractivity contribution in [1.29, 1.82) is 0 Å². The average molecular weight is 310 g/mol. The van der Waals surface area contributed by atoms with Crippen LogP contribution in [0.5, 0.6) is 0 Å². The van der Waals surface area contributed by atoms with Crippen molar-refractivity contribution in [3.63, 3.8) is 0 Å². The molecule has 1 aromatic carbocycles. The Labute approximate surface area is 120 Å². The summed E-state index contributed by atoms with van der Waals surface area (Å²) in [6, 6.07) is 6.68. The molecule has 100 valence electrons. The van der Waals surface area contributed by atoms with Crippen LogP contribution in [0.2, 0.25) is 0 Å². The van der Waals surface area contributed by atoms with Crippen LogP contribution in [0.1, 0.15) is 45.1 Å². The Bertz CT molecular complexity index is 400. The molecule has 0 spiro atoms. The van der Waals surface area contributed by atoms with E-state index in [0.717, 1.165) is 0 Å². The first-order chi connectivity index (χ1) is 8.60. The van der Waals surface area contributed by atoms with Crippen molar-refractivity contribution in [3.8, 4) is 0 Å². The minimum absolute atomic E-state index is 0.591. The normalized spacial score (nSPS) is 17.7. The van der Waals surface area contributed by atoms with Gasteiger partial charge in [0.25, 0.3) is 0 Å². The van der Waals surface area contributed by atoms with Crippen molar-refractivity contribution < 1.29 is 0 Å². The van der Waals surface area contributed by atoms with Crippen molar-refractivity contribution in [2.24, 2.45) is 5.41 Å². The van der Waals surface area contributed by atoms with Gasteiger partial charge < -0.3 is 4.90 Å². The molecule has 0 aliphatic carbocycles. The van der Waals surface area contributed by atoms with E-state index >= 15 is 0 Å². The second-order valence-electron chi connectivity index (χ2n) is 5.81. The van der Waals surface area contributed by atoms with E-state index in [0.29, 0.717) is 5.41 Å². The van der Waals surface area contributed by atoms with E-state index in [1.807, 2.05) is 0 Å². The van der Waals surface area contributed by atoms with Gasteiger partial charge in [-0.15, -0.1) is 0 Å². The highest BCUT2D eigenvalue weighted by Crippen LogP contribution is 2.43. The minimum Gasteiger partial charge on any atom is -0.369 e. The van der Waals surface area contributed by atoms with Crippen molar-refractivity contribution in [3.05, 3.63) is 28.2 Å². The topological polar surface area (TPSA) is 3.24 Å². The highest BCUT2D eigenvalue weighted by atomic mass is 79.9. The number of halogens is 1. The van der Waals surface area contributed by atoms with Gasteiger partial charge in [-0.05, 0) is 53.4 Å². The Morgan fingerprint density at radius 3 is 2.28 bits per heavy atom. The van der Waals surface area contributed by atoms with Crippen LogP contribution in [0, 0.1) is 12.3 Å². The average Bonchev–Trinajstić information content (AvgIpc) is 2.26. The third-order valence-electron chi connectivity index (χ3n) is 4.06. The zero-order chi connectivity index (χ0) is 13.2. The third kappa shape index (κ3) is 2.74. The summed E-state index contributed by atoms with van der Waals surface area (Å²) in [5.74, 6) is 0. The van der Waals surface area contributed by atoms with Crippen LogP contribution in [-0.4, -0.2) is 13.1 Å². The molecule has 1 saturated heterocycles. The Morgan fingerprint density at radius 2 is 1.78 bits per heavy atom. The summed E-state index contributed by atoms with van der Waals surface area (Å²) in [6.07, 6.45) is 5.37. The molecule has 2 heteroatoms. The number of aryl methyl sites for hydroxylation is 1. The molecule has 0 amide bonds. The number of hydrogen-bond acceptors (Lipinski definition) is 1. The fourth-order valence-electron chi connectivity index (χ4n) is 3.30. The van der Waals surface area contributed by atoms with E-state index in [1.54, 1.807) is 0 Å². The molecule has 2 rings (SSSR count). The summed E-state index contributed by atoms with van der Waals surface area (Å²) in [4.78, 5) is 2.52. The maximum Gasteiger partial charge on any atom is 0.0511 e. The smallest absolute Gasteiger partial charge is 0.0511 e. The predicted molar refractivity (Wildman–Crippen MR) is 83.3 cm³/mol. The van der Waals surface area contributed by atoms with Gasteiger partial charge in [-0.2, -0.15) is 0 Å². The van der Waals surface area contributed by atoms with Crippen molar-refractivity contribution in [2.45, 2.75) is 46.5 Å². The fourth-order valence-corrected chi connectivity index (χ4v) is 4.05. The molecule has 1 heterocycles. The Balaban J connectivity index is 2.06. The number of hydrogen-bond donors (Lipinski definition) is 0. The SMILES string of the molecule is CCCC1(CCC)CN(c2ccc(C)cc2Br)C1. The third-order valence-corrected chi connectivity index (χ3v) is 4.69. The predicted octanol–water partition coefficient (Wildman–Crippen LogP) is 5.16. The molecule has 18 heavy (non-hydrogen) atoms. The Kier molecular flexibility index (Phi) is 4.37. The number of nitrogens with zero attached hydrogens (tertiary/aromatic N) is 1. The van der Waals surface area contributed by atoms with Gasteiger partial charge in [-0.3, -0.25) is 0 Å². The van der Waals surface area contributed by atoms with Gasteiger partial charge in [0.15, 0.2) is 0 Å². The first-order valence-electron chi connectivity index (χ1n) is 7.11. The quantitative estimate of drug-likeness (QED) is 0.725. The molecule has 1 fully saturated rings. The largest absolute Gasteiger partial charge is 0.369 e. The van der Waals surface area contributed by atoms with Gasteiger partial charge in [0.1, 0.15) is 0 Å². The fraction of sp³-hybridized carbons (Fsp3) is 0.625. The molecule has 0 saturated carbocycles. The highest BCUT2D eigenvalue weighted by molar-refractivity contribution is 9.10. The van der Waals surface area contributed by atoms with Crippen molar-refractivity contribution in [1.82, 2.24) is 0 Å². The van der Waals surface area contributed by atoms with Crippen LogP contribution < -0.4 is 4.90 Å². The standard InChI is InChI=1S/C16H24BrN/c1-4-8-16(9-5-2)11-18(12-16)15-7-6-13(3)10-14(15)17/h6-7,10H,4-5,8-9,11-12H2,1-3H3. The van der Waals surface area contributed by atoms with Crippen LogP contribution in [0.3, 0.4) is 0 Å². The summed E-state index contributed by atoms with van der Waals surface area (Å²) >= 11 is 3.70. The van der Waals surface area contributed by atoms with Gasteiger partial charge in [0, 0.05) is 23.0 Å². The van der Waals surface area contributed by atoms with Crippen LogP contribution in [0.25, 0.3) is 0 Å². The van der Waals surface area contributed by atoms with E-state index in [-0.39, 0.29) is 0 Å². The van der Waals surface area contributed by atoms with Gasteiger partial charge in [0.05, 0.1) is 5.69 Å². The lowest BCUT2D eigenvalue weighted by molar-refractivity contribution is 0.173. The Morgan fingerprint density at radius 1 is 1.17 bits per heavy atom. The molecular formula is C16H24BrN. The monoisotopic (exact) mass is 309 g/mol. The maximum atomic E-state index is 3.70. The molecule has 0 aromatic heterocycles. The molecule has 1 aromatic rings. The lowest BCUT2D eigenvalue weighted by Gasteiger charge is -2.52. The molecule has 1 aliphatic rings. The summed E-state index contributed by atoms with van der Waals surface area (Å²) in [7, 11) is 0. The second kappa shape index (κ2) is 5.64.